The molecule has 3 aliphatic heterocycles. The molecule has 0 atom stereocenters. The van der Waals surface area contributed by atoms with Crippen molar-refractivity contribution in [3.63, 3.8) is 0 Å². The van der Waals surface area contributed by atoms with Gasteiger partial charge in [-0.1, -0.05) is 0 Å². The van der Waals surface area contributed by atoms with E-state index in [1.165, 1.54) is 43.3 Å². The lowest BCUT2D eigenvalue weighted by atomic mass is 9.91. The van der Waals surface area contributed by atoms with Crippen LogP contribution in [0, 0.1) is 12.3 Å². The summed E-state index contributed by atoms with van der Waals surface area (Å²) < 4.78 is 38.3. The highest BCUT2D eigenvalue weighted by Gasteiger charge is 2.45. The molecule has 4 heterocycles. The maximum Gasteiger partial charge on any atom is 0.433 e. The van der Waals surface area contributed by atoms with Crippen LogP contribution in [0.2, 0.25) is 0 Å². The summed E-state index contributed by atoms with van der Waals surface area (Å²) >= 11 is 2.06. The van der Waals surface area contributed by atoms with Crippen molar-refractivity contribution >= 4 is 17.4 Å². The Morgan fingerprint density at radius 3 is 2.44 bits per heavy atom. The molecule has 7 heteroatoms. The number of nitrogens with zero attached hydrogens (tertiary/aromatic N) is 3. The molecule has 1 aromatic heterocycles. The van der Waals surface area contributed by atoms with Crippen molar-refractivity contribution in [3.05, 3.63) is 23.5 Å². The summed E-state index contributed by atoms with van der Waals surface area (Å²) in [5, 5.41) is 0. The molecule has 0 saturated carbocycles. The summed E-state index contributed by atoms with van der Waals surface area (Å²) in [6, 6.07) is 1.80. The summed E-state index contributed by atoms with van der Waals surface area (Å²) in [6.45, 7) is 6.00. The zero-order valence-corrected chi connectivity index (χ0v) is 15.3. The molecule has 0 radical (unpaired) electrons. The van der Waals surface area contributed by atoms with Crippen molar-refractivity contribution < 1.29 is 13.2 Å². The Morgan fingerprint density at radius 2 is 1.92 bits per heavy atom. The molecule has 3 saturated heterocycles. The number of aryl methyl sites for hydroxylation is 1. The number of pyridine rings is 1. The fourth-order valence-corrected chi connectivity index (χ4v) is 5.67. The summed E-state index contributed by atoms with van der Waals surface area (Å²) in [5.74, 6) is 2.64. The molecular weight excluding hydrogens is 347 g/mol. The van der Waals surface area contributed by atoms with E-state index >= 15 is 0 Å². The predicted molar refractivity (Wildman–Crippen MR) is 95.2 cm³/mol. The van der Waals surface area contributed by atoms with Crippen LogP contribution < -0.4 is 4.90 Å². The van der Waals surface area contributed by atoms with E-state index in [1.54, 1.807) is 6.92 Å². The summed E-state index contributed by atoms with van der Waals surface area (Å²) in [6.07, 6.45) is 0.534. The number of rotatable bonds is 2. The van der Waals surface area contributed by atoms with Crippen molar-refractivity contribution in [2.75, 3.05) is 42.6 Å². The van der Waals surface area contributed by atoms with Crippen molar-refractivity contribution in [1.82, 2.24) is 9.88 Å². The number of anilines is 1. The van der Waals surface area contributed by atoms with Gasteiger partial charge >= 0.3 is 6.18 Å². The molecule has 0 aromatic carbocycles. The third kappa shape index (κ3) is 3.37. The Morgan fingerprint density at radius 1 is 1.20 bits per heavy atom. The third-order valence-electron chi connectivity index (χ3n) is 5.98. The highest BCUT2D eigenvalue weighted by atomic mass is 32.2. The number of hydrogen-bond acceptors (Lipinski definition) is 4. The molecule has 138 valence electrons. The van der Waals surface area contributed by atoms with Gasteiger partial charge in [-0.05, 0) is 44.4 Å². The third-order valence-corrected chi connectivity index (χ3v) is 7.61. The van der Waals surface area contributed by atoms with Crippen LogP contribution in [0.4, 0.5) is 18.9 Å². The van der Waals surface area contributed by atoms with Crippen LogP contribution in [-0.4, -0.2) is 53.6 Å². The van der Waals surface area contributed by atoms with Crippen LogP contribution in [0.25, 0.3) is 0 Å². The van der Waals surface area contributed by atoms with Gasteiger partial charge in [0.25, 0.3) is 0 Å². The maximum absolute atomic E-state index is 12.8. The number of piperidine rings is 1. The van der Waals surface area contributed by atoms with Gasteiger partial charge in [-0.2, -0.15) is 24.9 Å². The van der Waals surface area contributed by atoms with Gasteiger partial charge in [-0.25, -0.2) is 4.98 Å². The largest absolute Gasteiger partial charge is 0.433 e. The van der Waals surface area contributed by atoms with E-state index in [1.807, 2.05) is 0 Å². The minimum absolute atomic E-state index is 0.593. The van der Waals surface area contributed by atoms with E-state index in [9.17, 15) is 13.2 Å². The summed E-state index contributed by atoms with van der Waals surface area (Å²) in [4.78, 5) is 8.50. The smallest absolute Gasteiger partial charge is 0.370 e. The van der Waals surface area contributed by atoms with Crippen LogP contribution in [-0.2, 0) is 6.18 Å². The maximum atomic E-state index is 12.8. The van der Waals surface area contributed by atoms with Crippen LogP contribution in [0.15, 0.2) is 12.3 Å². The van der Waals surface area contributed by atoms with Crippen molar-refractivity contribution in [3.8, 4) is 0 Å². The van der Waals surface area contributed by atoms with Gasteiger partial charge in [0, 0.05) is 42.6 Å². The average molecular weight is 371 g/mol. The number of halogens is 3. The number of alkyl halides is 3. The summed E-state index contributed by atoms with van der Waals surface area (Å²) in [5.41, 5.74) is 1.30. The molecule has 0 amide bonds. The zero-order chi connectivity index (χ0) is 17.7. The minimum atomic E-state index is -4.37. The monoisotopic (exact) mass is 371 g/mol. The zero-order valence-electron chi connectivity index (χ0n) is 14.5. The van der Waals surface area contributed by atoms with Crippen molar-refractivity contribution in [1.29, 1.82) is 0 Å². The van der Waals surface area contributed by atoms with Crippen molar-refractivity contribution in [2.24, 2.45) is 5.41 Å². The quantitative estimate of drug-likeness (QED) is 0.787. The second-order valence-electron chi connectivity index (χ2n) is 7.79. The minimum Gasteiger partial charge on any atom is -0.370 e. The Bertz CT molecular complexity index is 637. The molecule has 0 unspecified atom stereocenters. The molecule has 0 aliphatic carbocycles. The lowest BCUT2D eigenvalue weighted by molar-refractivity contribution is -0.141. The highest BCUT2D eigenvalue weighted by Crippen LogP contribution is 2.46. The van der Waals surface area contributed by atoms with Gasteiger partial charge in [0.2, 0.25) is 0 Å². The van der Waals surface area contributed by atoms with Crippen LogP contribution in [0.5, 0.6) is 0 Å². The lowest BCUT2D eigenvalue weighted by Crippen LogP contribution is -2.46. The summed E-state index contributed by atoms with van der Waals surface area (Å²) in [7, 11) is 0. The van der Waals surface area contributed by atoms with E-state index in [-0.39, 0.29) is 0 Å². The molecule has 1 aromatic rings. The topological polar surface area (TPSA) is 19.4 Å². The van der Waals surface area contributed by atoms with E-state index < -0.39 is 11.9 Å². The fourth-order valence-electron chi connectivity index (χ4n) is 4.41. The SMILES string of the molecule is Cc1cc(C(F)(F)F)ncc1N1CCC(N2CCC3(CSC3)C2)CC1. The van der Waals surface area contributed by atoms with Gasteiger partial charge in [0.1, 0.15) is 5.69 Å². The molecule has 3 fully saturated rings. The van der Waals surface area contributed by atoms with E-state index in [4.69, 9.17) is 0 Å². The second kappa shape index (κ2) is 6.34. The first-order chi connectivity index (χ1) is 11.9. The molecule has 3 aliphatic rings. The first-order valence-electron chi connectivity index (χ1n) is 8.97. The molecule has 3 nitrogen and oxygen atoms in total. The fraction of sp³-hybridized carbons (Fsp3) is 0.722. The van der Waals surface area contributed by atoms with Gasteiger partial charge < -0.3 is 4.90 Å². The van der Waals surface area contributed by atoms with Gasteiger partial charge in [0.15, 0.2) is 0 Å². The molecule has 1 spiro atoms. The second-order valence-corrected chi connectivity index (χ2v) is 8.77. The van der Waals surface area contributed by atoms with Crippen LogP contribution >= 0.6 is 11.8 Å². The van der Waals surface area contributed by atoms with Gasteiger partial charge in [0.05, 0.1) is 11.9 Å². The average Bonchev–Trinajstić information content (AvgIpc) is 3.00. The molecule has 0 N–H and O–H groups in total. The Hall–Kier alpha value is -0.950. The van der Waals surface area contributed by atoms with E-state index in [0.717, 1.165) is 31.6 Å². The normalized spacial score (nSPS) is 24.7. The Labute approximate surface area is 151 Å². The first-order valence-corrected chi connectivity index (χ1v) is 10.1. The van der Waals surface area contributed by atoms with E-state index in [2.05, 4.69) is 26.5 Å². The molecule has 25 heavy (non-hydrogen) atoms. The van der Waals surface area contributed by atoms with Gasteiger partial charge in [-0.15, -0.1) is 0 Å². The molecule has 0 bridgehead atoms. The Kier molecular flexibility index (Phi) is 4.43. The van der Waals surface area contributed by atoms with E-state index in [0.29, 0.717) is 17.0 Å². The number of aromatic nitrogens is 1. The molecular formula is C18H24F3N3S. The van der Waals surface area contributed by atoms with Crippen LogP contribution in [0.3, 0.4) is 0 Å². The number of thioether (sulfide) groups is 1. The van der Waals surface area contributed by atoms with Crippen molar-refractivity contribution in [2.45, 2.75) is 38.4 Å². The lowest BCUT2D eigenvalue weighted by Gasteiger charge is -2.41. The van der Waals surface area contributed by atoms with Gasteiger partial charge in [-0.3, -0.25) is 4.90 Å². The standard InChI is InChI=1S/C18H24F3N3S/c1-13-8-16(18(19,20)21)22-9-15(13)23-5-2-14(3-6-23)24-7-4-17(10-24)11-25-12-17/h8-9,14H,2-7,10-12H2,1H3. The van der Waals surface area contributed by atoms with Crippen LogP contribution in [0.1, 0.15) is 30.5 Å². The highest BCUT2D eigenvalue weighted by molar-refractivity contribution is 8.00. The Balaban J connectivity index is 1.37. The first kappa shape index (κ1) is 17.5. The predicted octanol–water partition coefficient (Wildman–Crippen LogP) is 3.82. The number of likely N-dealkylation sites (tertiary alicyclic amines) is 1. The molecule has 4 rings (SSSR count). The number of hydrogen-bond donors (Lipinski definition) is 0.